The third-order valence-electron chi connectivity index (χ3n) is 2.61. The van der Waals surface area contributed by atoms with Crippen molar-refractivity contribution in [2.24, 2.45) is 0 Å². The standard InChI is InChI=1S/C12H21NOS/c1-2-3-4-5-6-7-8-10-13-12(14)9-11-15-13/h9,11H,2-8,10H2,1H3. The van der Waals surface area contributed by atoms with Crippen LogP contribution in [-0.4, -0.2) is 3.96 Å². The molecule has 86 valence electrons. The summed E-state index contributed by atoms with van der Waals surface area (Å²) < 4.78 is 1.84. The average molecular weight is 227 g/mol. The van der Waals surface area contributed by atoms with E-state index in [-0.39, 0.29) is 5.56 Å². The Morgan fingerprint density at radius 2 is 1.80 bits per heavy atom. The van der Waals surface area contributed by atoms with Crippen molar-refractivity contribution in [3.63, 3.8) is 0 Å². The molecule has 0 aliphatic heterocycles. The first-order chi connectivity index (χ1) is 7.34. The van der Waals surface area contributed by atoms with Crippen molar-refractivity contribution < 1.29 is 0 Å². The molecule has 15 heavy (non-hydrogen) atoms. The summed E-state index contributed by atoms with van der Waals surface area (Å²) in [6.07, 6.45) is 9.12. The second kappa shape index (κ2) is 7.69. The summed E-state index contributed by atoms with van der Waals surface area (Å²) in [5.74, 6) is 0. The topological polar surface area (TPSA) is 22.0 Å². The van der Waals surface area contributed by atoms with Crippen LogP contribution in [0.2, 0.25) is 0 Å². The quantitative estimate of drug-likeness (QED) is 0.621. The molecule has 0 fully saturated rings. The van der Waals surface area contributed by atoms with Gasteiger partial charge in [0.1, 0.15) is 0 Å². The molecule has 3 heteroatoms. The largest absolute Gasteiger partial charge is 0.268 e. The van der Waals surface area contributed by atoms with Crippen LogP contribution in [0.1, 0.15) is 51.9 Å². The number of aromatic nitrogens is 1. The molecular weight excluding hydrogens is 206 g/mol. The number of aryl methyl sites for hydroxylation is 1. The normalized spacial score (nSPS) is 10.7. The number of rotatable bonds is 8. The van der Waals surface area contributed by atoms with Gasteiger partial charge in [0.25, 0.3) is 5.56 Å². The van der Waals surface area contributed by atoms with Gasteiger partial charge in [-0.1, -0.05) is 57.0 Å². The first-order valence-corrected chi connectivity index (χ1v) is 6.83. The minimum atomic E-state index is 0.158. The fraction of sp³-hybridized carbons (Fsp3) is 0.750. The van der Waals surface area contributed by atoms with E-state index in [1.165, 1.54) is 50.1 Å². The van der Waals surface area contributed by atoms with Crippen LogP contribution in [0.5, 0.6) is 0 Å². The zero-order valence-corrected chi connectivity index (χ0v) is 10.4. The summed E-state index contributed by atoms with van der Waals surface area (Å²) in [5, 5.41) is 1.86. The van der Waals surface area contributed by atoms with Crippen molar-refractivity contribution in [3.05, 3.63) is 21.8 Å². The molecule has 0 unspecified atom stereocenters. The number of hydrogen-bond donors (Lipinski definition) is 0. The van der Waals surface area contributed by atoms with E-state index in [1.807, 2.05) is 9.34 Å². The van der Waals surface area contributed by atoms with E-state index in [2.05, 4.69) is 6.92 Å². The zero-order chi connectivity index (χ0) is 10.9. The molecule has 1 heterocycles. The monoisotopic (exact) mass is 227 g/mol. The second-order valence-corrected chi connectivity index (χ2v) is 4.89. The molecule has 1 rings (SSSR count). The summed E-state index contributed by atoms with van der Waals surface area (Å²) in [5.41, 5.74) is 0.158. The van der Waals surface area contributed by atoms with Gasteiger partial charge in [-0.05, 0) is 6.42 Å². The van der Waals surface area contributed by atoms with Crippen molar-refractivity contribution in [1.29, 1.82) is 0 Å². The molecule has 0 aromatic carbocycles. The van der Waals surface area contributed by atoms with Gasteiger partial charge >= 0.3 is 0 Å². The van der Waals surface area contributed by atoms with Crippen LogP contribution in [0.25, 0.3) is 0 Å². The first kappa shape index (κ1) is 12.5. The lowest BCUT2D eigenvalue weighted by molar-refractivity contribution is 0.559. The van der Waals surface area contributed by atoms with E-state index in [4.69, 9.17) is 0 Å². The van der Waals surface area contributed by atoms with Crippen LogP contribution in [0.15, 0.2) is 16.2 Å². The van der Waals surface area contributed by atoms with E-state index in [0.717, 1.165) is 13.0 Å². The summed E-state index contributed by atoms with van der Waals surface area (Å²) in [6, 6.07) is 1.64. The summed E-state index contributed by atoms with van der Waals surface area (Å²) in [4.78, 5) is 11.2. The van der Waals surface area contributed by atoms with E-state index in [0.29, 0.717) is 0 Å². The Bertz CT molecular complexity index is 303. The van der Waals surface area contributed by atoms with Crippen LogP contribution in [0.4, 0.5) is 0 Å². The number of nitrogens with zero attached hydrogens (tertiary/aromatic N) is 1. The molecule has 1 aromatic heterocycles. The van der Waals surface area contributed by atoms with Crippen LogP contribution in [0, 0.1) is 0 Å². The predicted octanol–water partition coefficient (Wildman–Crippen LogP) is 3.66. The Labute approximate surface area is 96.1 Å². The maximum absolute atomic E-state index is 11.2. The summed E-state index contributed by atoms with van der Waals surface area (Å²) in [6.45, 7) is 3.15. The number of hydrogen-bond acceptors (Lipinski definition) is 2. The van der Waals surface area contributed by atoms with Crippen molar-refractivity contribution in [3.8, 4) is 0 Å². The van der Waals surface area contributed by atoms with Gasteiger partial charge < -0.3 is 0 Å². The van der Waals surface area contributed by atoms with Gasteiger partial charge in [-0.2, -0.15) is 0 Å². The highest BCUT2D eigenvalue weighted by molar-refractivity contribution is 7.04. The van der Waals surface area contributed by atoms with E-state index in [1.54, 1.807) is 6.07 Å². The van der Waals surface area contributed by atoms with Crippen LogP contribution < -0.4 is 5.56 Å². The van der Waals surface area contributed by atoms with Gasteiger partial charge in [0, 0.05) is 18.0 Å². The lowest BCUT2D eigenvalue weighted by atomic mass is 10.1. The van der Waals surface area contributed by atoms with E-state index < -0.39 is 0 Å². The van der Waals surface area contributed by atoms with Crippen LogP contribution in [-0.2, 0) is 6.54 Å². The Hall–Kier alpha value is -0.570. The molecule has 0 saturated heterocycles. The Balaban J connectivity index is 1.98. The molecule has 0 atom stereocenters. The molecule has 0 spiro atoms. The van der Waals surface area contributed by atoms with Crippen LogP contribution >= 0.6 is 11.5 Å². The van der Waals surface area contributed by atoms with Gasteiger partial charge in [0.05, 0.1) is 0 Å². The van der Waals surface area contributed by atoms with E-state index in [9.17, 15) is 4.79 Å². The Morgan fingerprint density at radius 3 is 2.40 bits per heavy atom. The fourth-order valence-corrected chi connectivity index (χ4v) is 2.40. The fourth-order valence-electron chi connectivity index (χ4n) is 1.67. The first-order valence-electron chi connectivity index (χ1n) is 5.99. The summed E-state index contributed by atoms with van der Waals surface area (Å²) in [7, 11) is 0. The molecule has 0 aliphatic carbocycles. The summed E-state index contributed by atoms with van der Waals surface area (Å²) >= 11 is 1.53. The van der Waals surface area contributed by atoms with Gasteiger partial charge in [0.15, 0.2) is 0 Å². The highest BCUT2D eigenvalue weighted by atomic mass is 32.1. The number of unbranched alkanes of at least 4 members (excludes halogenated alkanes) is 6. The van der Waals surface area contributed by atoms with Crippen molar-refractivity contribution in [2.45, 2.75) is 58.4 Å². The maximum Gasteiger partial charge on any atom is 0.260 e. The van der Waals surface area contributed by atoms with Crippen molar-refractivity contribution in [1.82, 2.24) is 3.96 Å². The molecule has 2 nitrogen and oxygen atoms in total. The van der Waals surface area contributed by atoms with Gasteiger partial charge in [-0.25, -0.2) is 0 Å². The Morgan fingerprint density at radius 1 is 1.13 bits per heavy atom. The van der Waals surface area contributed by atoms with E-state index >= 15 is 0 Å². The van der Waals surface area contributed by atoms with Gasteiger partial charge in [0.2, 0.25) is 0 Å². The highest BCUT2D eigenvalue weighted by Crippen LogP contribution is 2.07. The molecule has 0 amide bonds. The third-order valence-corrected chi connectivity index (χ3v) is 3.48. The SMILES string of the molecule is CCCCCCCCCn1sccc1=O. The zero-order valence-electron chi connectivity index (χ0n) is 9.58. The molecule has 0 N–H and O–H groups in total. The van der Waals surface area contributed by atoms with Crippen LogP contribution in [0.3, 0.4) is 0 Å². The van der Waals surface area contributed by atoms with Crippen molar-refractivity contribution in [2.75, 3.05) is 0 Å². The molecule has 0 bridgehead atoms. The minimum Gasteiger partial charge on any atom is -0.268 e. The maximum atomic E-state index is 11.2. The predicted molar refractivity (Wildman–Crippen MR) is 66.6 cm³/mol. The Kier molecular flexibility index (Phi) is 6.41. The molecule has 0 saturated carbocycles. The third kappa shape index (κ3) is 5.17. The lowest BCUT2D eigenvalue weighted by Gasteiger charge is -2.01. The smallest absolute Gasteiger partial charge is 0.260 e. The van der Waals surface area contributed by atoms with Gasteiger partial charge in [-0.15, -0.1) is 0 Å². The average Bonchev–Trinajstić information content (AvgIpc) is 2.63. The molecular formula is C12H21NOS. The molecule has 0 radical (unpaired) electrons. The molecule has 0 aliphatic rings. The highest BCUT2D eigenvalue weighted by Gasteiger charge is 1.96. The lowest BCUT2D eigenvalue weighted by Crippen LogP contribution is -2.11. The van der Waals surface area contributed by atoms with Gasteiger partial charge in [-0.3, -0.25) is 8.75 Å². The minimum absolute atomic E-state index is 0.158. The van der Waals surface area contributed by atoms with Crippen molar-refractivity contribution >= 4 is 11.5 Å². The second-order valence-electron chi connectivity index (χ2n) is 3.97. The molecule has 1 aromatic rings.